The molecule has 4 nitrogen and oxygen atoms in total. The van der Waals surface area contributed by atoms with E-state index in [0.29, 0.717) is 23.6 Å². The van der Waals surface area contributed by atoms with E-state index in [-0.39, 0.29) is 11.7 Å². The third kappa shape index (κ3) is 2.12. The van der Waals surface area contributed by atoms with Crippen LogP contribution >= 0.6 is 0 Å². The molecule has 1 aliphatic rings. The van der Waals surface area contributed by atoms with Crippen LogP contribution in [0.3, 0.4) is 0 Å². The molecule has 0 saturated heterocycles. The third-order valence-electron chi connectivity index (χ3n) is 3.31. The van der Waals surface area contributed by atoms with E-state index in [1.807, 2.05) is 0 Å². The molecule has 0 unspecified atom stereocenters. The zero-order valence-corrected chi connectivity index (χ0v) is 10.6. The summed E-state index contributed by atoms with van der Waals surface area (Å²) in [5.74, 6) is 0.230. The highest BCUT2D eigenvalue weighted by molar-refractivity contribution is 5.94. The summed E-state index contributed by atoms with van der Waals surface area (Å²) < 4.78 is 13.3. The highest BCUT2D eigenvalue weighted by Crippen LogP contribution is 2.22. The molecule has 5 heteroatoms. The van der Waals surface area contributed by atoms with Crippen molar-refractivity contribution < 1.29 is 9.18 Å². The number of aryl methyl sites for hydroxylation is 2. The molecule has 1 amide bonds. The molecule has 3 rings (SSSR count). The molecule has 0 spiro atoms. The lowest BCUT2D eigenvalue weighted by Crippen LogP contribution is -2.23. The lowest BCUT2D eigenvalue weighted by Gasteiger charge is -2.01. The number of halogens is 1. The summed E-state index contributed by atoms with van der Waals surface area (Å²) in [5.41, 5.74) is 2.66. The van der Waals surface area contributed by atoms with Crippen molar-refractivity contribution in [3.63, 3.8) is 0 Å². The molecular formula is C14H14FN3O. The predicted octanol–water partition coefficient (Wildman–Crippen LogP) is 2.20. The fourth-order valence-electron chi connectivity index (χ4n) is 2.26. The van der Waals surface area contributed by atoms with E-state index in [1.165, 1.54) is 6.07 Å². The number of carbonyl (C=O) groups excluding carboxylic acids is 1. The molecule has 2 N–H and O–H groups in total. The Morgan fingerprint density at radius 2 is 2.21 bits per heavy atom. The van der Waals surface area contributed by atoms with E-state index in [0.717, 1.165) is 24.1 Å². The topological polar surface area (TPSA) is 57.8 Å². The van der Waals surface area contributed by atoms with Crippen LogP contribution in [0.25, 0.3) is 11.4 Å². The van der Waals surface area contributed by atoms with Gasteiger partial charge in [0.05, 0.1) is 0 Å². The number of hydrogen-bond donors (Lipinski definition) is 2. The van der Waals surface area contributed by atoms with Crippen LogP contribution in [0.4, 0.5) is 4.39 Å². The summed E-state index contributed by atoms with van der Waals surface area (Å²) in [6, 6.07) is 4.81. The molecule has 0 fully saturated rings. The monoisotopic (exact) mass is 259 g/mol. The number of nitrogens with one attached hydrogen (secondary N) is 2. The van der Waals surface area contributed by atoms with Crippen molar-refractivity contribution in [1.29, 1.82) is 0 Å². The first kappa shape index (κ1) is 11.9. The Hall–Kier alpha value is -2.17. The third-order valence-corrected chi connectivity index (χ3v) is 3.31. The molecule has 0 radical (unpaired) electrons. The number of H-pyrrole nitrogens is 1. The standard InChI is InChI=1S/C14H14FN3O/c1-8-7-9(4-5-10(8)15)13-17-11-3-2-6-16-14(19)12(11)18-13/h4-5,7H,2-3,6H2,1H3,(H,16,19)(H,17,18). The van der Waals surface area contributed by atoms with Crippen molar-refractivity contribution >= 4 is 5.91 Å². The number of benzene rings is 1. The number of hydrogen-bond acceptors (Lipinski definition) is 2. The van der Waals surface area contributed by atoms with Crippen molar-refractivity contribution in [1.82, 2.24) is 15.3 Å². The Balaban J connectivity index is 2.04. The van der Waals surface area contributed by atoms with Gasteiger partial charge in [0.1, 0.15) is 17.3 Å². The van der Waals surface area contributed by atoms with E-state index >= 15 is 0 Å². The van der Waals surface area contributed by atoms with Crippen LogP contribution in [0, 0.1) is 12.7 Å². The number of fused-ring (bicyclic) bond motifs is 1. The zero-order chi connectivity index (χ0) is 13.4. The van der Waals surface area contributed by atoms with Crippen LogP contribution in [0.5, 0.6) is 0 Å². The number of aromatic nitrogens is 2. The van der Waals surface area contributed by atoms with Crippen molar-refractivity contribution in [2.24, 2.45) is 0 Å². The van der Waals surface area contributed by atoms with Gasteiger partial charge in [0, 0.05) is 17.8 Å². The van der Waals surface area contributed by atoms with Crippen molar-refractivity contribution in [2.75, 3.05) is 6.54 Å². The van der Waals surface area contributed by atoms with Crippen molar-refractivity contribution in [2.45, 2.75) is 19.8 Å². The van der Waals surface area contributed by atoms with Gasteiger partial charge in [0.2, 0.25) is 0 Å². The fourth-order valence-corrected chi connectivity index (χ4v) is 2.26. The van der Waals surface area contributed by atoms with Crippen LogP contribution in [-0.4, -0.2) is 22.4 Å². The van der Waals surface area contributed by atoms with Gasteiger partial charge in [-0.25, -0.2) is 9.37 Å². The largest absolute Gasteiger partial charge is 0.351 e. The molecular weight excluding hydrogens is 245 g/mol. The summed E-state index contributed by atoms with van der Waals surface area (Å²) in [4.78, 5) is 19.3. The van der Waals surface area contributed by atoms with Gasteiger partial charge >= 0.3 is 0 Å². The molecule has 98 valence electrons. The molecule has 0 saturated carbocycles. The second kappa shape index (κ2) is 4.50. The summed E-state index contributed by atoms with van der Waals surface area (Å²) in [6.45, 7) is 2.38. The first-order chi connectivity index (χ1) is 9.15. The van der Waals surface area contributed by atoms with Gasteiger partial charge in [-0.1, -0.05) is 0 Å². The van der Waals surface area contributed by atoms with E-state index in [2.05, 4.69) is 15.3 Å². The van der Waals surface area contributed by atoms with Gasteiger partial charge in [0.15, 0.2) is 0 Å². The summed E-state index contributed by atoms with van der Waals surface area (Å²) in [6.07, 6.45) is 1.68. The molecule has 2 heterocycles. The number of imidazole rings is 1. The average Bonchev–Trinajstić information content (AvgIpc) is 2.75. The maximum absolute atomic E-state index is 13.3. The van der Waals surface area contributed by atoms with Crippen LogP contribution in [0.1, 0.15) is 28.2 Å². The molecule has 0 atom stereocenters. The molecule has 1 aliphatic heterocycles. The van der Waals surface area contributed by atoms with Gasteiger partial charge in [-0.2, -0.15) is 0 Å². The highest BCUT2D eigenvalue weighted by Gasteiger charge is 2.20. The first-order valence-electron chi connectivity index (χ1n) is 6.29. The quantitative estimate of drug-likeness (QED) is 0.824. The maximum Gasteiger partial charge on any atom is 0.271 e. The lowest BCUT2D eigenvalue weighted by molar-refractivity contribution is 0.0951. The second-order valence-electron chi connectivity index (χ2n) is 4.74. The summed E-state index contributed by atoms with van der Waals surface area (Å²) >= 11 is 0. The molecule has 0 bridgehead atoms. The normalized spacial score (nSPS) is 14.7. The van der Waals surface area contributed by atoms with Crippen LogP contribution < -0.4 is 5.32 Å². The molecule has 1 aromatic heterocycles. The maximum atomic E-state index is 13.3. The summed E-state index contributed by atoms with van der Waals surface area (Å²) in [5, 5.41) is 2.80. The van der Waals surface area contributed by atoms with E-state index in [9.17, 15) is 9.18 Å². The minimum absolute atomic E-state index is 0.145. The van der Waals surface area contributed by atoms with Crippen molar-refractivity contribution in [3.05, 3.63) is 41.0 Å². The Morgan fingerprint density at radius 1 is 1.37 bits per heavy atom. The molecule has 2 aromatic rings. The molecule has 1 aromatic carbocycles. The minimum atomic E-state index is -0.241. The Bertz CT molecular complexity index is 648. The zero-order valence-electron chi connectivity index (χ0n) is 10.6. The highest BCUT2D eigenvalue weighted by atomic mass is 19.1. The number of rotatable bonds is 1. The van der Waals surface area contributed by atoms with Gasteiger partial charge in [-0.15, -0.1) is 0 Å². The molecule has 19 heavy (non-hydrogen) atoms. The Labute approximate surface area is 110 Å². The van der Waals surface area contributed by atoms with Gasteiger partial charge in [-0.05, 0) is 43.5 Å². The smallest absolute Gasteiger partial charge is 0.271 e. The Morgan fingerprint density at radius 3 is 3.00 bits per heavy atom. The Kier molecular flexibility index (Phi) is 2.81. The summed E-state index contributed by atoms with van der Waals surface area (Å²) in [7, 11) is 0. The number of amides is 1. The second-order valence-corrected chi connectivity index (χ2v) is 4.74. The van der Waals surface area contributed by atoms with E-state index in [4.69, 9.17) is 0 Å². The van der Waals surface area contributed by atoms with Crippen molar-refractivity contribution in [3.8, 4) is 11.4 Å². The van der Waals surface area contributed by atoms with Crippen LogP contribution in [0.15, 0.2) is 18.2 Å². The minimum Gasteiger partial charge on any atom is -0.351 e. The fraction of sp³-hybridized carbons (Fsp3) is 0.286. The van der Waals surface area contributed by atoms with E-state index in [1.54, 1.807) is 19.1 Å². The average molecular weight is 259 g/mol. The van der Waals surface area contributed by atoms with Gasteiger partial charge < -0.3 is 10.3 Å². The number of aromatic amines is 1. The number of nitrogens with zero attached hydrogens (tertiary/aromatic N) is 1. The van der Waals surface area contributed by atoms with E-state index < -0.39 is 0 Å². The SMILES string of the molecule is Cc1cc(-c2nc3c([nH]2)CCCNC3=O)ccc1F. The predicted molar refractivity (Wildman–Crippen MR) is 69.4 cm³/mol. The first-order valence-corrected chi connectivity index (χ1v) is 6.29. The van der Waals surface area contributed by atoms with Crippen LogP contribution in [0.2, 0.25) is 0 Å². The number of carbonyl (C=O) groups is 1. The lowest BCUT2D eigenvalue weighted by atomic mass is 10.1. The van der Waals surface area contributed by atoms with Gasteiger partial charge in [-0.3, -0.25) is 4.79 Å². The molecule has 0 aliphatic carbocycles. The van der Waals surface area contributed by atoms with Gasteiger partial charge in [0.25, 0.3) is 5.91 Å². The van der Waals surface area contributed by atoms with Crippen LogP contribution in [-0.2, 0) is 6.42 Å².